The van der Waals surface area contributed by atoms with Crippen LogP contribution < -0.4 is 0 Å². The Balaban J connectivity index is 0.000000132. The van der Waals surface area contributed by atoms with Gasteiger partial charge in [-0.15, -0.1) is 11.3 Å². The molecule has 0 aromatic carbocycles. The first kappa shape index (κ1) is 9.93. The van der Waals surface area contributed by atoms with E-state index >= 15 is 0 Å². The second kappa shape index (κ2) is 5.49. The number of nitrogens with zero attached hydrogens (tertiary/aromatic N) is 1. The molecule has 0 fully saturated rings. The van der Waals surface area contributed by atoms with Crippen molar-refractivity contribution in [2.75, 3.05) is 0 Å². The van der Waals surface area contributed by atoms with Gasteiger partial charge in [0.1, 0.15) is 0 Å². The summed E-state index contributed by atoms with van der Waals surface area (Å²) < 4.78 is 0. The monoisotopic (exact) mass is 191 g/mol. The van der Waals surface area contributed by atoms with E-state index < -0.39 is 0 Å². The van der Waals surface area contributed by atoms with Gasteiger partial charge in [-0.2, -0.15) is 0 Å². The van der Waals surface area contributed by atoms with Crippen LogP contribution in [0.4, 0.5) is 0 Å². The molecule has 2 heteroatoms. The molecule has 0 aliphatic carbocycles. The highest BCUT2D eigenvalue weighted by Crippen LogP contribution is 2.03. The minimum Gasteiger partial charge on any atom is -0.265 e. The third-order valence-corrected chi connectivity index (χ3v) is 2.31. The average Bonchev–Trinajstić information content (AvgIpc) is 2.58. The largest absolute Gasteiger partial charge is 0.265 e. The van der Waals surface area contributed by atoms with Gasteiger partial charge < -0.3 is 0 Å². The Hall–Kier alpha value is -1.15. The van der Waals surface area contributed by atoms with Gasteiger partial charge in [-0.25, -0.2) is 0 Å². The standard InChI is InChI=1S/C6H7N.C5H6S/c1-6-2-4-7-5-3-6;1-5-3-2-4-6-5/h2-5H,1H3;2-4H,1H3. The Morgan fingerprint density at radius 1 is 1.08 bits per heavy atom. The zero-order valence-electron chi connectivity index (χ0n) is 7.90. The van der Waals surface area contributed by atoms with E-state index in [-0.39, 0.29) is 0 Å². The molecule has 0 saturated carbocycles. The summed E-state index contributed by atoms with van der Waals surface area (Å²) in [6, 6.07) is 8.10. The molecule has 0 aliphatic heterocycles. The summed E-state index contributed by atoms with van der Waals surface area (Å²) in [6.07, 6.45) is 3.57. The van der Waals surface area contributed by atoms with E-state index in [0.29, 0.717) is 0 Å². The van der Waals surface area contributed by atoms with Gasteiger partial charge in [0.15, 0.2) is 0 Å². The fourth-order valence-electron chi connectivity index (χ4n) is 0.787. The van der Waals surface area contributed by atoms with E-state index in [1.54, 1.807) is 23.7 Å². The summed E-state index contributed by atoms with van der Waals surface area (Å²) in [6.45, 7) is 4.15. The first-order valence-electron chi connectivity index (χ1n) is 4.16. The highest BCUT2D eigenvalue weighted by atomic mass is 32.1. The van der Waals surface area contributed by atoms with Gasteiger partial charge in [0.2, 0.25) is 0 Å². The van der Waals surface area contributed by atoms with E-state index in [1.165, 1.54) is 10.4 Å². The molecule has 0 N–H and O–H groups in total. The maximum Gasteiger partial charge on any atom is 0.0270 e. The smallest absolute Gasteiger partial charge is 0.0270 e. The lowest BCUT2D eigenvalue weighted by molar-refractivity contribution is 1.29. The number of aryl methyl sites for hydroxylation is 2. The maximum absolute atomic E-state index is 3.85. The predicted octanol–water partition coefficient (Wildman–Crippen LogP) is 3.45. The van der Waals surface area contributed by atoms with E-state index in [9.17, 15) is 0 Å². The average molecular weight is 191 g/mol. The van der Waals surface area contributed by atoms with Gasteiger partial charge in [0.25, 0.3) is 0 Å². The Kier molecular flexibility index (Phi) is 4.19. The molecule has 0 bridgehead atoms. The molecular weight excluding hydrogens is 178 g/mol. The molecule has 2 rings (SSSR count). The quantitative estimate of drug-likeness (QED) is 0.621. The zero-order chi connectivity index (χ0) is 9.52. The van der Waals surface area contributed by atoms with Crippen molar-refractivity contribution in [3.63, 3.8) is 0 Å². The fraction of sp³-hybridized carbons (Fsp3) is 0.182. The molecule has 1 nitrogen and oxygen atoms in total. The van der Waals surface area contributed by atoms with E-state index in [1.807, 2.05) is 19.1 Å². The number of thiophene rings is 1. The molecule has 0 unspecified atom stereocenters. The maximum atomic E-state index is 3.85. The molecule has 2 aromatic rings. The van der Waals surface area contributed by atoms with Crippen LogP contribution in [-0.2, 0) is 0 Å². The molecular formula is C11H13NS. The summed E-state index contributed by atoms with van der Waals surface area (Å²) in [5.74, 6) is 0. The van der Waals surface area contributed by atoms with Crippen LogP contribution in [0.3, 0.4) is 0 Å². The van der Waals surface area contributed by atoms with Crippen molar-refractivity contribution >= 4 is 11.3 Å². The summed E-state index contributed by atoms with van der Waals surface area (Å²) in [5.41, 5.74) is 1.26. The van der Waals surface area contributed by atoms with Crippen LogP contribution in [0.5, 0.6) is 0 Å². The van der Waals surface area contributed by atoms with E-state index in [2.05, 4.69) is 29.4 Å². The molecule has 2 heterocycles. The Morgan fingerprint density at radius 2 is 1.77 bits per heavy atom. The first-order chi connectivity index (χ1) is 6.29. The molecule has 13 heavy (non-hydrogen) atoms. The van der Waals surface area contributed by atoms with Crippen molar-refractivity contribution < 1.29 is 0 Å². The lowest BCUT2D eigenvalue weighted by Crippen LogP contribution is -1.68. The third kappa shape index (κ3) is 4.43. The summed E-state index contributed by atoms with van der Waals surface area (Å²) in [4.78, 5) is 5.23. The lowest BCUT2D eigenvalue weighted by atomic mass is 10.3. The molecule has 0 saturated heterocycles. The first-order valence-corrected chi connectivity index (χ1v) is 5.04. The van der Waals surface area contributed by atoms with Crippen LogP contribution >= 0.6 is 11.3 Å². The minimum absolute atomic E-state index is 1.26. The van der Waals surface area contributed by atoms with Crippen molar-refractivity contribution in [3.8, 4) is 0 Å². The highest BCUT2D eigenvalue weighted by Gasteiger charge is 1.74. The van der Waals surface area contributed by atoms with Gasteiger partial charge in [-0.3, -0.25) is 4.98 Å². The summed E-state index contributed by atoms with van der Waals surface area (Å²) in [7, 11) is 0. The van der Waals surface area contributed by atoms with Crippen molar-refractivity contribution in [2.24, 2.45) is 0 Å². The van der Waals surface area contributed by atoms with Gasteiger partial charge in [0, 0.05) is 17.3 Å². The van der Waals surface area contributed by atoms with Crippen LogP contribution in [0.1, 0.15) is 10.4 Å². The summed E-state index contributed by atoms with van der Waals surface area (Å²) >= 11 is 1.78. The molecule has 0 spiro atoms. The van der Waals surface area contributed by atoms with E-state index in [4.69, 9.17) is 0 Å². The van der Waals surface area contributed by atoms with Gasteiger partial charge >= 0.3 is 0 Å². The number of pyridine rings is 1. The Morgan fingerprint density at radius 3 is 2.00 bits per heavy atom. The van der Waals surface area contributed by atoms with E-state index in [0.717, 1.165) is 0 Å². The molecule has 0 atom stereocenters. The second-order valence-corrected chi connectivity index (χ2v) is 3.90. The second-order valence-electron chi connectivity index (χ2n) is 2.75. The van der Waals surface area contributed by atoms with Crippen LogP contribution in [0.2, 0.25) is 0 Å². The van der Waals surface area contributed by atoms with Crippen LogP contribution in [0.15, 0.2) is 42.0 Å². The Bertz CT molecular complexity index is 313. The number of hydrogen-bond acceptors (Lipinski definition) is 2. The highest BCUT2D eigenvalue weighted by molar-refractivity contribution is 7.09. The van der Waals surface area contributed by atoms with Gasteiger partial charge in [0.05, 0.1) is 0 Å². The van der Waals surface area contributed by atoms with Crippen LogP contribution in [-0.4, -0.2) is 4.98 Å². The predicted molar refractivity (Wildman–Crippen MR) is 58.0 cm³/mol. The van der Waals surface area contributed by atoms with Crippen LogP contribution in [0, 0.1) is 13.8 Å². The van der Waals surface area contributed by atoms with Crippen molar-refractivity contribution in [2.45, 2.75) is 13.8 Å². The molecule has 0 radical (unpaired) electrons. The molecule has 0 amide bonds. The third-order valence-electron chi connectivity index (χ3n) is 1.51. The van der Waals surface area contributed by atoms with Crippen LogP contribution in [0.25, 0.3) is 0 Å². The minimum atomic E-state index is 1.26. The molecule has 0 aliphatic rings. The topological polar surface area (TPSA) is 12.9 Å². The fourth-order valence-corrected chi connectivity index (χ4v) is 1.32. The number of aromatic nitrogens is 1. The van der Waals surface area contributed by atoms with Gasteiger partial charge in [-0.1, -0.05) is 6.07 Å². The normalized spacial score (nSPS) is 8.77. The van der Waals surface area contributed by atoms with Crippen molar-refractivity contribution in [1.29, 1.82) is 0 Å². The lowest BCUT2D eigenvalue weighted by Gasteiger charge is -1.82. The Labute approximate surface area is 83.1 Å². The zero-order valence-corrected chi connectivity index (χ0v) is 8.71. The molecule has 68 valence electrons. The SMILES string of the molecule is Cc1cccs1.Cc1ccncc1. The van der Waals surface area contributed by atoms with Crippen molar-refractivity contribution in [1.82, 2.24) is 4.98 Å². The number of rotatable bonds is 0. The molecule has 2 aromatic heterocycles. The summed E-state index contributed by atoms with van der Waals surface area (Å²) in [5, 5.41) is 2.08. The van der Waals surface area contributed by atoms with Gasteiger partial charge in [-0.05, 0) is 43.0 Å². The van der Waals surface area contributed by atoms with Crippen molar-refractivity contribution in [3.05, 3.63) is 52.5 Å². The number of hydrogen-bond donors (Lipinski definition) is 0.